The number of amides is 1. The van der Waals surface area contributed by atoms with Gasteiger partial charge in [-0.3, -0.25) is 4.79 Å². The highest BCUT2D eigenvalue weighted by atomic mass is 127. The minimum absolute atomic E-state index is 0.0231. The van der Waals surface area contributed by atoms with E-state index in [-0.39, 0.29) is 24.0 Å². The van der Waals surface area contributed by atoms with Gasteiger partial charge in [-0.1, -0.05) is 0 Å². The number of nitrogens with one attached hydrogen (secondary N) is 2. The molecule has 1 amide bonds. The predicted molar refractivity (Wildman–Crippen MR) is 87.5 cm³/mol. The highest BCUT2D eigenvalue weighted by molar-refractivity contribution is 14.1. The molecular formula is C13H17IN2O3S. The Morgan fingerprint density at radius 1 is 1.35 bits per heavy atom. The third-order valence-electron chi connectivity index (χ3n) is 3.24. The second-order valence-electron chi connectivity index (χ2n) is 5.31. The van der Waals surface area contributed by atoms with Gasteiger partial charge in [0.2, 0.25) is 5.91 Å². The Hall–Kier alpha value is -0.830. The van der Waals surface area contributed by atoms with Crippen molar-refractivity contribution in [2.24, 2.45) is 0 Å². The molecular weight excluding hydrogens is 391 g/mol. The first-order valence-electron chi connectivity index (χ1n) is 6.29. The molecule has 1 saturated heterocycles. The van der Waals surface area contributed by atoms with E-state index in [4.69, 9.17) is 0 Å². The maximum absolute atomic E-state index is 11.9. The van der Waals surface area contributed by atoms with Gasteiger partial charge in [-0.25, -0.2) is 8.42 Å². The van der Waals surface area contributed by atoms with Crippen LogP contribution in [0.25, 0.3) is 0 Å². The SMILES string of the molecule is C[C@@]1(NC(=O)CNc2ccc(I)cc2)CCS(=O)(=O)C1. The van der Waals surface area contributed by atoms with Crippen LogP contribution in [0.15, 0.2) is 24.3 Å². The summed E-state index contributed by atoms with van der Waals surface area (Å²) < 4.78 is 24.1. The van der Waals surface area contributed by atoms with Gasteiger partial charge in [0.15, 0.2) is 9.84 Å². The van der Waals surface area contributed by atoms with Crippen LogP contribution in [0.4, 0.5) is 5.69 Å². The van der Waals surface area contributed by atoms with Crippen molar-refractivity contribution in [1.82, 2.24) is 5.32 Å². The number of hydrogen-bond donors (Lipinski definition) is 2. The summed E-state index contributed by atoms with van der Waals surface area (Å²) in [6, 6.07) is 7.70. The lowest BCUT2D eigenvalue weighted by atomic mass is 10.0. The first kappa shape index (κ1) is 15.6. The molecule has 2 rings (SSSR count). The highest BCUT2D eigenvalue weighted by Gasteiger charge is 2.39. The molecule has 5 nitrogen and oxygen atoms in total. The van der Waals surface area contributed by atoms with Gasteiger partial charge in [-0.15, -0.1) is 0 Å². The third kappa shape index (κ3) is 4.34. The Morgan fingerprint density at radius 2 is 2.00 bits per heavy atom. The van der Waals surface area contributed by atoms with E-state index in [1.165, 1.54) is 0 Å². The second kappa shape index (κ2) is 5.88. The minimum atomic E-state index is -3.01. The molecule has 1 atom stereocenters. The molecule has 1 fully saturated rings. The Kier molecular flexibility index (Phi) is 4.58. The maximum Gasteiger partial charge on any atom is 0.239 e. The molecule has 0 bridgehead atoms. The predicted octanol–water partition coefficient (Wildman–Crippen LogP) is 1.40. The molecule has 2 N–H and O–H groups in total. The molecule has 1 aromatic rings. The van der Waals surface area contributed by atoms with Crippen LogP contribution in [0.3, 0.4) is 0 Å². The number of carbonyl (C=O) groups excluding carboxylic acids is 1. The summed E-state index contributed by atoms with van der Waals surface area (Å²) >= 11 is 2.21. The van der Waals surface area contributed by atoms with Crippen molar-refractivity contribution < 1.29 is 13.2 Å². The zero-order chi connectivity index (χ0) is 14.8. The van der Waals surface area contributed by atoms with Crippen molar-refractivity contribution >= 4 is 44.0 Å². The number of sulfone groups is 1. The lowest BCUT2D eigenvalue weighted by Gasteiger charge is -2.24. The molecule has 0 spiro atoms. The van der Waals surface area contributed by atoms with Crippen molar-refractivity contribution in [2.75, 3.05) is 23.4 Å². The number of halogens is 1. The Morgan fingerprint density at radius 3 is 2.55 bits per heavy atom. The lowest BCUT2D eigenvalue weighted by Crippen LogP contribution is -2.48. The molecule has 20 heavy (non-hydrogen) atoms. The third-order valence-corrected chi connectivity index (χ3v) is 5.86. The van der Waals surface area contributed by atoms with Gasteiger partial charge in [-0.05, 0) is 60.2 Å². The Balaban J connectivity index is 1.85. The maximum atomic E-state index is 11.9. The molecule has 0 aromatic heterocycles. The smallest absolute Gasteiger partial charge is 0.239 e. The van der Waals surface area contributed by atoms with Gasteiger partial charge in [0, 0.05) is 9.26 Å². The standard InChI is InChI=1S/C13H17IN2O3S/c1-13(6-7-20(18,19)9-13)16-12(17)8-15-11-4-2-10(14)3-5-11/h2-5,15H,6-9H2,1H3,(H,16,17)/t13-/m1/s1. The van der Waals surface area contributed by atoms with Crippen LogP contribution in [0.5, 0.6) is 0 Å². The summed E-state index contributed by atoms with van der Waals surface area (Å²) in [6.07, 6.45) is 0.477. The van der Waals surface area contributed by atoms with E-state index in [0.717, 1.165) is 9.26 Å². The topological polar surface area (TPSA) is 75.3 Å². The average molecular weight is 408 g/mol. The first-order valence-corrected chi connectivity index (χ1v) is 9.19. The van der Waals surface area contributed by atoms with E-state index < -0.39 is 15.4 Å². The largest absolute Gasteiger partial charge is 0.376 e. The first-order chi connectivity index (χ1) is 9.28. The van der Waals surface area contributed by atoms with Crippen LogP contribution >= 0.6 is 22.6 Å². The van der Waals surface area contributed by atoms with Crippen LogP contribution in [0, 0.1) is 3.57 Å². The summed E-state index contributed by atoms with van der Waals surface area (Å²) in [5.74, 6) is -0.0213. The second-order valence-corrected chi connectivity index (χ2v) is 8.74. The number of anilines is 1. The van der Waals surface area contributed by atoms with Gasteiger partial charge in [0.25, 0.3) is 0 Å². The molecule has 0 unspecified atom stereocenters. The number of benzene rings is 1. The summed E-state index contributed by atoms with van der Waals surface area (Å²) in [4.78, 5) is 11.9. The summed E-state index contributed by atoms with van der Waals surface area (Å²) in [5.41, 5.74) is 0.230. The quantitative estimate of drug-likeness (QED) is 0.739. The summed E-state index contributed by atoms with van der Waals surface area (Å²) in [6.45, 7) is 1.91. The van der Waals surface area contributed by atoms with Crippen LogP contribution in [0.1, 0.15) is 13.3 Å². The van der Waals surface area contributed by atoms with E-state index in [9.17, 15) is 13.2 Å². The van der Waals surface area contributed by atoms with Crippen molar-refractivity contribution in [2.45, 2.75) is 18.9 Å². The molecule has 1 aromatic carbocycles. The number of carbonyl (C=O) groups is 1. The highest BCUT2D eigenvalue weighted by Crippen LogP contribution is 2.22. The average Bonchev–Trinajstić information content (AvgIpc) is 2.62. The van der Waals surface area contributed by atoms with Gasteiger partial charge in [0.05, 0.1) is 23.6 Å². The van der Waals surface area contributed by atoms with E-state index in [1.807, 2.05) is 24.3 Å². The van der Waals surface area contributed by atoms with E-state index in [1.54, 1.807) is 6.92 Å². The van der Waals surface area contributed by atoms with E-state index in [0.29, 0.717) is 6.42 Å². The van der Waals surface area contributed by atoms with Crippen LogP contribution in [-0.4, -0.2) is 37.9 Å². The minimum Gasteiger partial charge on any atom is -0.376 e. The fourth-order valence-corrected chi connectivity index (χ4v) is 4.69. The Labute approximate surface area is 132 Å². The molecule has 0 radical (unpaired) electrons. The normalized spacial score (nSPS) is 24.3. The van der Waals surface area contributed by atoms with Crippen molar-refractivity contribution in [3.05, 3.63) is 27.8 Å². The van der Waals surface area contributed by atoms with Crippen molar-refractivity contribution in [3.8, 4) is 0 Å². The lowest BCUT2D eigenvalue weighted by molar-refractivity contribution is -0.120. The molecule has 0 saturated carbocycles. The summed E-state index contributed by atoms with van der Waals surface area (Å²) in [7, 11) is -3.01. The van der Waals surface area contributed by atoms with Gasteiger partial charge in [-0.2, -0.15) is 0 Å². The summed E-state index contributed by atoms with van der Waals surface area (Å²) in [5, 5.41) is 5.83. The van der Waals surface area contributed by atoms with Gasteiger partial charge < -0.3 is 10.6 Å². The Bertz CT molecular complexity index is 601. The van der Waals surface area contributed by atoms with E-state index in [2.05, 4.69) is 33.2 Å². The molecule has 0 aliphatic carbocycles. The zero-order valence-corrected chi connectivity index (χ0v) is 14.1. The zero-order valence-electron chi connectivity index (χ0n) is 11.1. The monoisotopic (exact) mass is 408 g/mol. The molecule has 110 valence electrons. The fourth-order valence-electron chi connectivity index (χ4n) is 2.24. The molecule has 1 aliphatic heterocycles. The van der Waals surface area contributed by atoms with Gasteiger partial charge in [0.1, 0.15) is 0 Å². The molecule has 1 heterocycles. The molecule has 1 aliphatic rings. The fraction of sp³-hybridized carbons (Fsp3) is 0.462. The van der Waals surface area contributed by atoms with Gasteiger partial charge >= 0.3 is 0 Å². The van der Waals surface area contributed by atoms with E-state index >= 15 is 0 Å². The number of rotatable bonds is 4. The number of hydrogen-bond acceptors (Lipinski definition) is 4. The van der Waals surface area contributed by atoms with Crippen LogP contribution in [-0.2, 0) is 14.6 Å². The van der Waals surface area contributed by atoms with Crippen LogP contribution in [0.2, 0.25) is 0 Å². The van der Waals surface area contributed by atoms with Crippen molar-refractivity contribution in [1.29, 1.82) is 0 Å². The van der Waals surface area contributed by atoms with Crippen LogP contribution < -0.4 is 10.6 Å². The van der Waals surface area contributed by atoms with Crippen molar-refractivity contribution in [3.63, 3.8) is 0 Å². The molecule has 7 heteroatoms.